The Morgan fingerprint density at radius 2 is 1.22 bits per heavy atom. The van der Waals surface area contributed by atoms with Crippen molar-refractivity contribution in [1.29, 1.82) is 0 Å². The number of aromatic nitrogens is 2. The second-order valence-electron chi connectivity index (χ2n) is 10.2. The van der Waals surface area contributed by atoms with Crippen molar-refractivity contribution >= 4 is 34.6 Å². The lowest BCUT2D eigenvalue weighted by Crippen LogP contribution is -2.32. The standard InChI is InChI=1S/C36H33N3O7/c1-5-31(34(40)37-26-14-7-24(8-15-26)35(41)45-6-2)46-36(42)25-13-20-29-30(21-25)39-33(23-11-18-28(44-4)19-12-23)32(38-29)22-9-16-27(43-3)17-10-22/h7-21,31H,5-6H2,1-4H3,(H,37,40). The summed E-state index contributed by atoms with van der Waals surface area (Å²) in [6.45, 7) is 3.73. The smallest absolute Gasteiger partial charge is 0.338 e. The van der Waals surface area contributed by atoms with Gasteiger partial charge in [-0.15, -0.1) is 0 Å². The third-order valence-electron chi connectivity index (χ3n) is 7.20. The second kappa shape index (κ2) is 14.3. The molecule has 5 rings (SSSR count). The molecule has 234 valence electrons. The number of methoxy groups -OCH3 is 2. The number of anilines is 1. The summed E-state index contributed by atoms with van der Waals surface area (Å²) in [6, 6.07) is 26.2. The molecule has 10 heteroatoms. The molecule has 1 amide bonds. The Labute approximate surface area is 266 Å². The summed E-state index contributed by atoms with van der Waals surface area (Å²) in [5.41, 5.74) is 5.04. The molecule has 46 heavy (non-hydrogen) atoms. The number of nitrogens with zero attached hydrogens (tertiary/aromatic N) is 2. The first-order valence-corrected chi connectivity index (χ1v) is 14.7. The minimum atomic E-state index is -1.05. The van der Waals surface area contributed by atoms with Gasteiger partial charge in [-0.2, -0.15) is 0 Å². The van der Waals surface area contributed by atoms with Crippen LogP contribution in [0.25, 0.3) is 33.5 Å². The predicted octanol–water partition coefficient (Wildman–Crippen LogP) is 6.73. The van der Waals surface area contributed by atoms with E-state index in [0.29, 0.717) is 39.4 Å². The Bertz CT molecular complexity index is 1850. The highest BCUT2D eigenvalue weighted by Gasteiger charge is 2.23. The van der Waals surface area contributed by atoms with Crippen LogP contribution in [0.2, 0.25) is 0 Å². The minimum absolute atomic E-state index is 0.227. The quantitative estimate of drug-likeness (QED) is 0.160. The molecule has 1 heterocycles. The minimum Gasteiger partial charge on any atom is -0.497 e. The van der Waals surface area contributed by atoms with Gasteiger partial charge in [-0.3, -0.25) is 4.79 Å². The molecule has 5 aromatic rings. The number of fused-ring (bicyclic) bond motifs is 1. The lowest BCUT2D eigenvalue weighted by atomic mass is 10.0. The van der Waals surface area contributed by atoms with Gasteiger partial charge in [0.1, 0.15) is 11.5 Å². The summed E-state index contributed by atoms with van der Waals surface area (Å²) in [5.74, 6) is -0.192. The van der Waals surface area contributed by atoms with E-state index in [-0.39, 0.29) is 18.6 Å². The van der Waals surface area contributed by atoms with E-state index < -0.39 is 23.9 Å². The molecule has 1 atom stereocenters. The Hall–Kier alpha value is -5.77. The number of amides is 1. The molecule has 0 radical (unpaired) electrons. The zero-order valence-corrected chi connectivity index (χ0v) is 25.9. The number of rotatable bonds is 11. The van der Waals surface area contributed by atoms with Crippen molar-refractivity contribution in [2.24, 2.45) is 0 Å². The SMILES string of the molecule is CCOC(=O)c1ccc(NC(=O)C(CC)OC(=O)c2ccc3nc(-c4ccc(OC)cc4)c(-c4ccc(OC)cc4)nc3c2)cc1. The first kappa shape index (κ1) is 31.6. The van der Waals surface area contributed by atoms with E-state index in [1.165, 1.54) is 0 Å². The summed E-state index contributed by atoms with van der Waals surface area (Å²) in [5, 5.41) is 2.73. The number of carbonyl (C=O) groups excluding carboxylic acids is 3. The molecule has 1 aromatic heterocycles. The maximum absolute atomic E-state index is 13.2. The third-order valence-corrected chi connectivity index (χ3v) is 7.20. The maximum atomic E-state index is 13.2. The number of hydrogen-bond acceptors (Lipinski definition) is 9. The van der Waals surface area contributed by atoms with Crippen molar-refractivity contribution in [2.75, 3.05) is 26.1 Å². The van der Waals surface area contributed by atoms with Gasteiger partial charge in [-0.05, 0) is 104 Å². The fourth-order valence-corrected chi connectivity index (χ4v) is 4.73. The molecule has 0 aliphatic rings. The molecule has 0 saturated carbocycles. The van der Waals surface area contributed by atoms with Gasteiger partial charge >= 0.3 is 11.9 Å². The van der Waals surface area contributed by atoms with E-state index in [9.17, 15) is 14.4 Å². The molecule has 0 spiro atoms. The summed E-state index contributed by atoms with van der Waals surface area (Å²) >= 11 is 0. The Morgan fingerprint density at radius 1 is 0.674 bits per heavy atom. The van der Waals surface area contributed by atoms with Crippen molar-refractivity contribution < 1.29 is 33.3 Å². The van der Waals surface area contributed by atoms with Gasteiger partial charge < -0.3 is 24.3 Å². The van der Waals surface area contributed by atoms with E-state index in [1.54, 1.807) is 70.5 Å². The van der Waals surface area contributed by atoms with E-state index in [4.69, 9.17) is 28.9 Å². The molecule has 0 saturated heterocycles. The van der Waals surface area contributed by atoms with Crippen LogP contribution in [0.15, 0.2) is 91.0 Å². The monoisotopic (exact) mass is 619 g/mol. The fraction of sp³-hybridized carbons (Fsp3) is 0.194. The van der Waals surface area contributed by atoms with Crippen LogP contribution in [-0.4, -0.2) is 54.7 Å². The highest BCUT2D eigenvalue weighted by molar-refractivity contribution is 5.99. The first-order valence-electron chi connectivity index (χ1n) is 14.7. The van der Waals surface area contributed by atoms with Gasteiger partial charge in [0.2, 0.25) is 0 Å². The van der Waals surface area contributed by atoms with Crippen molar-refractivity contribution in [3.05, 3.63) is 102 Å². The molecular formula is C36H33N3O7. The average molecular weight is 620 g/mol. The van der Waals surface area contributed by atoms with Gasteiger partial charge in [0.25, 0.3) is 5.91 Å². The molecule has 0 aliphatic heterocycles. The summed E-state index contributed by atoms with van der Waals surface area (Å²) in [6.07, 6.45) is -0.801. The zero-order valence-electron chi connectivity index (χ0n) is 25.9. The molecule has 1 unspecified atom stereocenters. The van der Waals surface area contributed by atoms with Crippen LogP contribution >= 0.6 is 0 Å². The topological polar surface area (TPSA) is 126 Å². The van der Waals surface area contributed by atoms with Crippen LogP contribution in [-0.2, 0) is 14.3 Å². The normalized spacial score (nSPS) is 11.4. The van der Waals surface area contributed by atoms with Gasteiger partial charge in [-0.1, -0.05) is 6.92 Å². The number of hydrogen-bond donors (Lipinski definition) is 1. The van der Waals surface area contributed by atoms with Gasteiger partial charge in [0.05, 0.1) is 54.4 Å². The number of nitrogens with one attached hydrogen (secondary N) is 1. The van der Waals surface area contributed by atoms with Crippen LogP contribution in [0.5, 0.6) is 11.5 Å². The van der Waals surface area contributed by atoms with Crippen LogP contribution in [0, 0.1) is 0 Å². The van der Waals surface area contributed by atoms with Crippen molar-refractivity contribution in [3.8, 4) is 34.0 Å². The molecule has 0 bridgehead atoms. The highest BCUT2D eigenvalue weighted by Crippen LogP contribution is 2.33. The number of ether oxygens (including phenoxy) is 4. The van der Waals surface area contributed by atoms with Gasteiger partial charge in [0.15, 0.2) is 6.10 Å². The van der Waals surface area contributed by atoms with Crippen LogP contribution in [0.4, 0.5) is 5.69 Å². The predicted molar refractivity (Wildman–Crippen MR) is 174 cm³/mol. The maximum Gasteiger partial charge on any atom is 0.338 e. The third kappa shape index (κ3) is 7.13. The fourth-order valence-electron chi connectivity index (χ4n) is 4.73. The van der Waals surface area contributed by atoms with E-state index >= 15 is 0 Å². The molecular weight excluding hydrogens is 586 g/mol. The Morgan fingerprint density at radius 3 is 1.74 bits per heavy atom. The molecule has 0 aliphatic carbocycles. The van der Waals surface area contributed by atoms with E-state index in [0.717, 1.165) is 16.9 Å². The molecule has 0 fully saturated rings. The Kier molecular flexibility index (Phi) is 9.87. The van der Waals surface area contributed by atoms with Crippen LogP contribution in [0.3, 0.4) is 0 Å². The van der Waals surface area contributed by atoms with Crippen LogP contribution in [0.1, 0.15) is 41.0 Å². The summed E-state index contributed by atoms with van der Waals surface area (Å²) in [4.78, 5) is 48.0. The van der Waals surface area contributed by atoms with Crippen molar-refractivity contribution in [3.63, 3.8) is 0 Å². The number of benzene rings is 4. The lowest BCUT2D eigenvalue weighted by Gasteiger charge is -2.17. The average Bonchev–Trinajstić information content (AvgIpc) is 3.10. The zero-order chi connectivity index (χ0) is 32.6. The van der Waals surface area contributed by atoms with E-state index in [2.05, 4.69) is 5.32 Å². The highest BCUT2D eigenvalue weighted by atomic mass is 16.5. The lowest BCUT2D eigenvalue weighted by molar-refractivity contribution is -0.124. The molecule has 4 aromatic carbocycles. The van der Waals surface area contributed by atoms with Gasteiger partial charge in [0, 0.05) is 16.8 Å². The summed E-state index contributed by atoms with van der Waals surface area (Å²) < 4.78 is 21.2. The summed E-state index contributed by atoms with van der Waals surface area (Å²) in [7, 11) is 3.21. The molecule has 1 N–H and O–H groups in total. The van der Waals surface area contributed by atoms with Crippen LogP contribution < -0.4 is 14.8 Å². The largest absolute Gasteiger partial charge is 0.497 e. The van der Waals surface area contributed by atoms with Crippen molar-refractivity contribution in [2.45, 2.75) is 26.4 Å². The number of carbonyl (C=O) groups is 3. The second-order valence-corrected chi connectivity index (χ2v) is 10.2. The van der Waals surface area contributed by atoms with Crippen molar-refractivity contribution in [1.82, 2.24) is 9.97 Å². The van der Waals surface area contributed by atoms with Gasteiger partial charge in [-0.25, -0.2) is 19.6 Å². The molecule has 10 nitrogen and oxygen atoms in total. The first-order chi connectivity index (χ1) is 22.3. The Balaban J connectivity index is 1.40. The van der Waals surface area contributed by atoms with E-state index in [1.807, 2.05) is 48.5 Å². The number of esters is 2.